The van der Waals surface area contributed by atoms with Gasteiger partial charge in [-0.25, -0.2) is 0 Å². The molecule has 0 aliphatic carbocycles. The van der Waals surface area contributed by atoms with E-state index in [0.29, 0.717) is 31.5 Å². The van der Waals surface area contributed by atoms with Crippen LogP contribution in [0.15, 0.2) is 34.9 Å². The van der Waals surface area contributed by atoms with Crippen LogP contribution in [-0.2, 0) is 4.74 Å². The molecule has 0 unspecified atom stereocenters. The zero-order chi connectivity index (χ0) is 15.6. The molecule has 0 radical (unpaired) electrons. The fourth-order valence-electron chi connectivity index (χ4n) is 3.63. The normalized spacial score (nSPS) is 28.2. The van der Waals surface area contributed by atoms with Crippen molar-refractivity contribution in [2.24, 2.45) is 5.92 Å². The first kappa shape index (κ1) is 14.7. The summed E-state index contributed by atoms with van der Waals surface area (Å²) in [7, 11) is 0. The number of aromatic nitrogens is 2. The van der Waals surface area contributed by atoms with E-state index in [-0.39, 0.29) is 18.1 Å². The molecule has 1 aromatic heterocycles. The molecular formula is C17H21N3O3. The Labute approximate surface area is 135 Å². The third-order valence-corrected chi connectivity index (χ3v) is 4.85. The van der Waals surface area contributed by atoms with Crippen molar-refractivity contribution in [1.82, 2.24) is 10.1 Å². The van der Waals surface area contributed by atoms with Gasteiger partial charge in [-0.15, -0.1) is 0 Å². The van der Waals surface area contributed by atoms with Crippen molar-refractivity contribution in [2.75, 3.05) is 24.7 Å². The van der Waals surface area contributed by atoms with E-state index in [4.69, 9.17) is 9.26 Å². The minimum absolute atomic E-state index is 0.116. The third-order valence-electron chi connectivity index (χ3n) is 4.85. The van der Waals surface area contributed by atoms with Gasteiger partial charge in [0, 0.05) is 30.7 Å². The number of aliphatic hydroxyl groups is 1. The van der Waals surface area contributed by atoms with Crippen molar-refractivity contribution in [3.05, 3.63) is 30.3 Å². The van der Waals surface area contributed by atoms with E-state index < -0.39 is 0 Å². The predicted molar refractivity (Wildman–Crippen MR) is 85.0 cm³/mol. The van der Waals surface area contributed by atoms with E-state index in [1.165, 1.54) is 0 Å². The van der Waals surface area contributed by atoms with Gasteiger partial charge in [0.15, 0.2) is 0 Å². The molecule has 0 spiro atoms. The van der Waals surface area contributed by atoms with E-state index in [1.807, 2.05) is 30.3 Å². The van der Waals surface area contributed by atoms with Crippen molar-refractivity contribution < 1.29 is 14.4 Å². The van der Waals surface area contributed by atoms with Gasteiger partial charge in [0.05, 0.1) is 12.7 Å². The largest absolute Gasteiger partial charge is 0.393 e. The van der Waals surface area contributed by atoms with Gasteiger partial charge in [0.2, 0.25) is 0 Å². The number of anilines is 1. The highest BCUT2D eigenvalue weighted by Gasteiger charge is 2.39. The summed E-state index contributed by atoms with van der Waals surface area (Å²) < 4.78 is 11.0. The number of ether oxygens (including phenoxy) is 1. The smallest absolute Gasteiger partial charge is 0.266 e. The molecule has 2 aliphatic rings. The van der Waals surface area contributed by atoms with E-state index in [0.717, 1.165) is 24.9 Å². The minimum Gasteiger partial charge on any atom is -0.393 e. The van der Waals surface area contributed by atoms with Gasteiger partial charge in [0.1, 0.15) is 0 Å². The number of benzene rings is 1. The maximum atomic E-state index is 10.3. The molecule has 0 saturated carbocycles. The second kappa shape index (κ2) is 6.29. The van der Waals surface area contributed by atoms with Gasteiger partial charge < -0.3 is 19.3 Å². The summed E-state index contributed by atoms with van der Waals surface area (Å²) in [5.41, 5.74) is 0.919. The second-order valence-electron chi connectivity index (χ2n) is 6.26. The standard InChI is InChI=1S/C17H21N3O3/c21-15-8-10-22-11-13(15)14-7-4-9-20(14)17-18-16(23-19-17)12-5-2-1-3-6-12/h1-3,5-6,13-15,21H,4,7-11H2/t13-,14-,15+/m0/s1. The van der Waals surface area contributed by atoms with Gasteiger partial charge in [-0.1, -0.05) is 18.2 Å². The van der Waals surface area contributed by atoms with Crippen LogP contribution >= 0.6 is 0 Å². The van der Waals surface area contributed by atoms with Crippen LogP contribution in [0.1, 0.15) is 19.3 Å². The maximum absolute atomic E-state index is 10.3. The van der Waals surface area contributed by atoms with Crippen molar-refractivity contribution >= 4 is 5.95 Å². The molecule has 4 rings (SSSR count). The van der Waals surface area contributed by atoms with Crippen LogP contribution in [0.25, 0.3) is 11.5 Å². The van der Waals surface area contributed by atoms with Gasteiger partial charge in [-0.3, -0.25) is 0 Å². The van der Waals surface area contributed by atoms with Gasteiger partial charge in [0.25, 0.3) is 11.8 Å². The molecule has 1 aromatic carbocycles. The Balaban J connectivity index is 1.56. The molecule has 2 saturated heterocycles. The fourth-order valence-corrected chi connectivity index (χ4v) is 3.63. The highest BCUT2D eigenvalue weighted by molar-refractivity contribution is 5.54. The average Bonchev–Trinajstić information content (AvgIpc) is 3.25. The van der Waals surface area contributed by atoms with Crippen LogP contribution in [0.3, 0.4) is 0 Å². The first-order valence-electron chi connectivity index (χ1n) is 8.24. The van der Waals surface area contributed by atoms with E-state index >= 15 is 0 Å². The highest BCUT2D eigenvalue weighted by Crippen LogP contribution is 2.33. The Hall–Kier alpha value is -1.92. The quantitative estimate of drug-likeness (QED) is 0.935. The molecule has 1 N–H and O–H groups in total. The van der Waals surface area contributed by atoms with Gasteiger partial charge in [-0.05, 0) is 36.6 Å². The Morgan fingerprint density at radius 3 is 2.87 bits per heavy atom. The molecule has 2 fully saturated rings. The lowest BCUT2D eigenvalue weighted by atomic mass is 9.89. The average molecular weight is 315 g/mol. The molecule has 2 aliphatic heterocycles. The summed E-state index contributed by atoms with van der Waals surface area (Å²) in [6, 6.07) is 9.99. The fraction of sp³-hybridized carbons (Fsp3) is 0.529. The van der Waals surface area contributed by atoms with Crippen LogP contribution in [0, 0.1) is 5.92 Å². The van der Waals surface area contributed by atoms with Crippen molar-refractivity contribution in [3.8, 4) is 11.5 Å². The first-order chi connectivity index (χ1) is 11.3. The summed E-state index contributed by atoms with van der Waals surface area (Å²) >= 11 is 0. The summed E-state index contributed by atoms with van der Waals surface area (Å²) in [4.78, 5) is 6.72. The topological polar surface area (TPSA) is 71.6 Å². The Kier molecular flexibility index (Phi) is 4.01. The van der Waals surface area contributed by atoms with E-state index in [2.05, 4.69) is 15.0 Å². The van der Waals surface area contributed by atoms with Crippen LogP contribution in [0.2, 0.25) is 0 Å². The third kappa shape index (κ3) is 2.84. The number of nitrogens with zero attached hydrogens (tertiary/aromatic N) is 3. The van der Waals surface area contributed by atoms with Gasteiger partial charge >= 0.3 is 0 Å². The monoisotopic (exact) mass is 315 g/mol. The highest BCUT2D eigenvalue weighted by atomic mass is 16.5. The lowest BCUT2D eigenvalue weighted by Crippen LogP contribution is -2.46. The summed E-state index contributed by atoms with van der Waals surface area (Å²) in [5, 5.41) is 14.5. The number of rotatable bonds is 3. The molecule has 23 heavy (non-hydrogen) atoms. The maximum Gasteiger partial charge on any atom is 0.266 e. The Morgan fingerprint density at radius 2 is 2.04 bits per heavy atom. The molecule has 0 amide bonds. The summed E-state index contributed by atoms with van der Waals surface area (Å²) in [6.07, 6.45) is 2.50. The lowest BCUT2D eigenvalue weighted by Gasteiger charge is -2.36. The molecule has 6 nitrogen and oxygen atoms in total. The molecule has 122 valence electrons. The lowest BCUT2D eigenvalue weighted by molar-refractivity contribution is -0.0439. The molecule has 3 heterocycles. The molecule has 3 atom stereocenters. The number of hydrogen-bond donors (Lipinski definition) is 1. The number of aliphatic hydroxyl groups excluding tert-OH is 1. The number of hydrogen-bond acceptors (Lipinski definition) is 6. The minimum atomic E-state index is -0.310. The molecule has 0 bridgehead atoms. The molecular weight excluding hydrogens is 294 g/mol. The van der Waals surface area contributed by atoms with Crippen LogP contribution in [-0.4, -0.2) is 47.2 Å². The Morgan fingerprint density at radius 1 is 1.17 bits per heavy atom. The van der Waals surface area contributed by atoms with E-state index in [9.17, 15) is 5.11 Å². The molecule has 2 aromatic rings. The first-order valence-corrected chi connectivity index (χ1v) is 8.24. The Bertz CT molecular complexity index is 646. The van der Waals surface area contributed by atoms with Crippen molar-refractivity contribution in [2.45, 2.75) is 31.4 Å². The summed E-state index contributed by atoms with van der Waals surface area (Å²) in [6.45, 7) is 2.14. The van der Waals surface area contributed by atoms with Crippen molar-refractivity contribution in [3.63, 3.8) is 0 Å². The SMILES string of the molecule is O[C@@H]1CCOC[C@H]1[C@@H]1CCCN1c1noc(-c2ccccc2)n1. The van der Waals surface area contributed by atoms with Crippen molar-refractivity contribution in [1.29, 1.82) is 0 Å². The van der Waals surface area contributed by atoms with Gasteiger partial charge in [-0.2, -0.15) is 4.98 Å². The van der Waals surface area contributed by atoms with Crippen LogP contribution in [0.5, 0.6) is 0 Å². The van der Waals surface area contributed by atoms with E-state index in [1.54, 1.807) is 0 Å². The van der Waals surface area contributed by atoms with Crippen LogP contribution < -0.4 is 4.90 Å². The molecule has 6 heteroatoms. The summed E-state index contributed by atoms with van der Waals surface area (Å²) in [5.74, 6) is 1.26. The second-order valence-corrected chi connectivity index (χ2v) is 6.26. The zero-order valence-corrected chi connectivity index (χ0v) is 13.0. The van der Waals surface area contributed by atoms with Crippen LogP contribution in [0.4, 0.5) is 5.95 Å². The zero-order valence-electron chi connectivity index (χ0n) is 13.0. The predicted octanol–water partition coefficient (Wildman–Crippen LogP) is 2.10.